The van der Waals surface area contributed by atoms with Crippen molar-refractivity contribution in [2.45, 2.75) is 40.5 Å². The first-order valence-corrected chi connectivity index (χ1v) is 8.30. The Hall–Kier alpha value is -2.28. The third-order valence-corrected chi connectivity index (χ3v) is 4.21. The molecule has 0 aliphatic carbocycles. The third kappa shape index (κ3) is 3.39. The maximum atomic E-state index is 5.94. The maximum absolute atomic E-state index is 5.94. The first kappa shape index (κ1) is 15.6. The zero-order chi connectivity index (χ0) is 16.4. The highest BCUT2D eigenvalue weighted by atomic mass is 32.1. The average Bonchev–Trinajstić information content (AvgIpc) is 3.12. The molecule has 0 unspecified atom stereocenters. The van der Waals surface area contributed by atoms with Crippen LogP contribution in [0.15, 0.2) is 16.7 Å². The third-order valence-electron chi connectivity index (χ3n) is 3.35. The van der Waals surface area contributed by atoms with Crippen LogP contribution in [0.1, 0.15) is 35.4 Å². The molecule has 120 valence electrons. The van der Waals surface area contributed by atoms with Gasteiger partial charge in [-0.3, -0.25) is 0 Å². The summed E-state index contributed by atoms with van der Waals surface area (Å²) < 4.78 is 11.0. The summed E-state index contributed by atoms with van der Waals surface area (Å²) >= 11 is 1.49. The number of ether oxygens (including phenoxy) is 1. The molecular formula is C16H18N4O2S. The van der Waals surface area contributed by atoms with E-state index >= 15 is 0 Å². The van der Waals surface area contributed by atoms with E-state index in [1.54, 1.807) is 6.92 Å². The SMILES string of the molecule is CCCc1nnc(Oc2c(C)cc(-c3noc(C)n3)cc2C)s1. The normalized spacial score (nSPS) is 11.0. The highest BCUT2D eigenvalue weighted by molar-refractivity contribution is 7.13. The van der Waals surface area contributed by atoms with E-state index in [0.717, 1.165) is 40.3 Å². The van der Waals surface area contributed by atoms with Gasteiger partial charge in [0.25, 0.3) is 5.19 Å². The second-order valence-corrected chi connectivity index (χ2v) is 6.41. The van der Waals surface area contributed by atoms with E-state index < -0.39 is 0 Å². The van der Waals surface area contributed by atoms with Gasteiger partial charge in [-0.2, -0.15) is 4.98 Å². The largest absolute Gasteiger partial charge is 0.429 e. The van der Waals surface area contributed by atoms with Gasteiger partial charge in [-0.05, 0) is 43.5 Å². The van der Waals surface area contributed by atoms with Crippen molar-refractivity contribution in [3.8, 4) is 22.3 Å². The quantitative estimate of drug-likeness (QED) is 0.696. The van der Waals surface area contributed by atoms with Crippen LogP contribution in [-0.4, -0.2) is 20.3 Å². The lowest BCUT2D eigenvalue weighted by molar-refractivity contribution is 0.394. The summed E-state index contributed by atoms with van der Waals surface area (Å²) in [5.74, 6) is 1.93. The van der Waals surface area contributed by atoms with Crippen molar-refractivity contribution in [2.24, 2.45) is 0 Å². The Kier molecular flexibility index (Phi) is 4.38. The van der Waals surface area contributed by atoms with Crippen LogP contribution in [0.3, 0.4) is 0 Å². The molecule has 2 heterocycles. The first-order chi connectivity index (χ1) is 11.1. The molecule has 0 saturated heterocycles. The average molecular weight is 330 g/mol. The molecule has 7 heteroatoms. The summed E-state index contributed by atoms with van der Waals surface area (Å²) in [4.78, 5) is 4.26. The Labute approximate surface area is 138 Å². The molecule has 0 aliphatic heterocycles. The van der Waals surface area contributed by atoms with Crippen LogP contribution in [0.25, 0.3) is 11.4 Å². The predicted octanol–water partition coefficient (Wildman–Crippen LogP) is 4.26. The molecule has 3 aromatic rings. The summed E-state index contributed by atoms with van der Waals surface area (Å²) in [6, 6.07) is 3.97. The van der Waals surface area contributed by atoms with Gasteiger partial charge in [-0.1, -0.05) is 28.5 Å². The van der Waals surface area contributed by atoms with E-state index in [4.69, 9.17) is 9.26 Å². The van der Waals surface area contributed by atoms with Crippen LogP contribution in [0.4, 0.5) is 0 Å². The number of rotatable bonds is 5. The molecular weight excluding hydrogens is 312 g/mol. The minimum absolute atomic E-state index is 0.549. The Morgan fingerprint density at radius 3 is 2.48 bits per heavy atom. The zero-order valence-corrected chi connectivity index (χ0v) is 14.4. The topological polar surface area (TPSA) is 73.9 Å². The Morgan fingerprint density at radius 1 is 1.13 bits per heavy atom. The standard InChI is InChI=1S/C16H18N4O2S/c1-5-6-13-18-19-16(23-13)21-14-9(2)7-12(8-10(14)3)15-17-11(4)22-20-15/h7-8H,5-6H2,1-4H3. The first-order valence-electron chi connectivity index (χ1n) is 7.49. The van der Waals surface area contributed by atoms with Crippen LogP contribution in [0, 0.1) is 20.8 Å². The number of nitrogens with zero attached hydrogens (tertiary/aromatic N) is 4. The lowest BCUT2D eigenvalue weighted by Crippen LogP contribution is -1.93. The van der Waals surface area contributed by atoms with Gasteiger partial charge in [-0.15, -0.1) is 5.10 Å². The summed E-state index contributed by atoms with van der Waals surface area (Å²) in [5, 5.41) is 13.8. The van der Waals surface area contributed by atoms with Crippen molar-refractivity contribution in [3.63, 3.8) is 0 Å². The van der Waals surface area contributed by atoms with E-state index in [1.807, 2.05) is 26.0 Å². The van der Waals surface area contributed by atoms with Crippen molar-refractivity contribution >= 4 is 11.3 Å². The summed E-state index contributed by atoms with van der Waals surface area (Å²) in [5.41, 5.74) is 2.90. The lowest BCUT2D eigenvalue weighted by atomic mass is 10.1. The Bertz CT molecular complexity index is 802. The van der Waals surface area contributed by atoms with Crippen LogP contribution in [-0.2, 0) is 6.42 Å². The van der Waals surface area contributed by atoms with Crippen LogP contribution < -0.4 is 4.74 Å². The maximum Gasteiger partial charge on any atom is 0.299 e. The number of aromatic nitrogens is 4. The smallest absolute Gasteiger partial charge is 0.299 e. The monoisotopic (exact) mass is 330 g/mol. The van der Waals surface area contributed by atoms with Gasteiger partial charge >= 0.3 is 0 Å². The Balaban J connectivity index is 1.87. The molecule has 0 saturated carbocycles. The lowest BCUT2D eigenvalue weighted by Gasteiger charge is -2.10. The second-order valence-electron chi connectivity index (χ2n) is 5.39. The van der Waals surface area contributed by atoms with Gasteiger partial charge in [0.15, 0.2) is 0 Å². The molecule has 0 atom stereocenters. The molecule has 0 radical (unpaired) electrons. The van der Waals surface area contributed by atoms with E-state index in [2.05, 4.69) is 27.3 Å². The molecule has 0 spiro atoms. The van der Waals surface area contributed by atoms with Gasteiger partial charge in [-0.25, -0.2) is 0 Å². The fraction of sp³-hybridized carbons (Fsp3) is 0.375. The highest BCUT2D eigenvalue weighted by Gasteiger charge is 2.14. The van der Waals surface area contributed by atoms with Gasteiger partial charge in [0.05, 0.1) is 0 Å². The number of benzene rings is 1. The highest BCUT2D eigenvalue weighted by Crippen LogP contribution is 2.33. The van der Waals surface area contributed by atoms with Gasteiger partial charge in [0, 0.05) is 18.9 Å². The van der Waals surface area contributed by atoms with Crippen LogP contribution >= 0.6 is 11.3 Å². The molecule has 6 nitrogen and oxygen atoms in total. The fourth-order valence-electron chi connectivity index (χ4n) is 2.34. The molecule has 0 bridgehead atoms. The zero-order valence-electron chi connectivity index (χ0n) is 13.6. The van der Waals surface area contributed by atoms with Crippen LogP contribution in [0.5, 0.6) is 10.9 Å². The van der Waals surface area contributed by atoms with E-state index in [1.165, 1.54) is 11.3 Å². The second kappa shape index (κ2) is 6.45. The molecule has 23 heavy (non-hydrogen) atoms. The summed E-state index contributed by atoms with van der Waals surface area (Å²) in [6.07, 6.45) is 1.97. The van der Waals surface area contributed by atoms with Gasteiger partial charge in [0.1, 0.15) is 10.8 Å². The number of hydrogen-bond donors (Lipinski definition) is 0. The van der Waals surface area contributed by atoms with Crippen molar-refractivity contribution in [2.75, 3.05) is 0 Å². The molecule has 2 aromatic heterocycles. The van der Waals surface area contributed by atoms with Crippen LogP contribution in [0.2, 0.25) is 0 Å². The van der Waals surface area contributed by atoms with Crippen molar-refractivity contribution < 1.29 is 9.26 Å². The van der Waals surface area contributed by atoms with Crippen molar-refractivity contribution in [3.05, 3.63) is 34.2 Å². The molecule has 0 N–H and O–H groups in total. The van der Waals surface area contributed by atoms with Gasteiger partial charge < -0.3 is 9.26 Å². The Morgan fingerprint density at radius 2 is 1.87 bits per heavy atom. The van der Waals surface area contributed by atoms with E-state index in [-0.39, 0.29) is 0 Å². The minimum Gasteiger partial charge on any atom is -0.429 e. The molecule has 3 rings (SSSR count). The summed E-state index contributed by atoms with van der Waals surface area (Å²) in [7, 11) is 0. The summed E-state index contributed by atoms with van der Waals surface area (Å²) in [6.45, 7) is 7.88. The van der Waals surface area contributed by atoms with E-state index in [9.17, 15) is 0 Å². The molecule has 0 amide bonds. The number of hydrogen-bond acceptors (Lipinski definition) is 7. The molecule has 1 aromatic carbocycles. The van der Waals surface area contributed by atoms with Crippen molar-refractivity contribution in [1.29, 1.82) is 0 Å². The van der Waals surface area contributed by atoms with Gasteiger partial charge in [0.2, 0.25) is 11.7 Å². The predicted molar refractivity (Wildman–Crippen MR) is 87.9 cm³/mol. The van der Waals surface area contributed by atoms with E-state index in [0.29, 0.717) is 16.9 Å². The van der Waals surface area contributed by atoms with Crippen molar-refractivity contribution in [1.82, 2.24) is 20.3 Å². The fourth-order valence-corrected chi connectivity index (χ4v) is 3.13. The molecule has 0 fully saturated rings. The minimum atomic E-state index is 0.549. The number of aryl methyl sites for hydroxylation is 4. The molecule has 0 aliphatic rings.